The molecule has 0 fully saturated rings. The van der Waals surface area contributed by atoms with E-state index in [-0.39, 0.29) is 24.2 Å². The van der Waals surface area contributed by atoms with Crippen LogP contribution in [0.5, 0.6) is 0 Å². The summed E-state index contributed by atoms with van der Waals surface area (Å²) >= 11 is 0. The molecular weight excluding hydrogens is 248 g/mol. The molecule has 98 valence electrons. The van der Waals surface area contributed by atoms with E-state index >= 15 is 0 Å². The first-order valence-electron chi connectivity index (χ1n) is 5.33. The van der Waals surface area contributed by atoms with E-state index in [1.165, 1.54) is 12.1 Å². The normalized spacial score (nSPS) is 11.6. The van der Waals surface area contributed by atoms with Crippen molar-refractivity contribution in [3.05, 3.63) is 35.1 Å². The number of nitriles is 1. The maximum Gasteiger partial charge on any atom is 0.401 e. The van der Waals surface area contributed by atoms with Crippen LogP contribution >= 0.6 is 0 Å². The van der Waals surface area contributed by atoms with Gasteiger partial charge in [-0.15, -0.1) is 0 Å². The molecule has 0 aliphatic carbocycles. The first kappa shape index (κ1) is 14.5. The van der Waals surface area contributed by atoms with Crippen LogP contribution < -0.4 is 0 Å². The minimum atomic E-state index is -4.32. The zero-order valence-electron chi connectivity index (χ0n) is 9.76. The first-order valence-corrected chi connectivity index (χ1v) is 5.33. The van der Waals surface area contributed by atoms with Crippen LogP contribution in [-0.4, -0.2) is 24.2 Å². The lowest BCUT2D eigenvalue weighted by Gasteiger charge is -2.22. The number of benzene rings is 1. The Kier molecular flexibility index (Phi) is 4.68. The fourth-order valence-corrected chi connectivity index (χ4v) is 1.54. The van der Waals surface area contributed by atoms with Gasteiger partial charge in [0.1, 0.15) is 5.82 Å². The van der Waals surface area contributed by atoms with E-state index in [1.807, 2.05) is 6.07 Å². The van der Waals surface area contributed by atoms with Gasteiger partial charge in [0.25, 0.3) is 0 Å². The predicted octanol–water partition coefficient (Wildman–Crippen LogP) is 3.08. The van der Waals surface area contributed by atoms with E-state index in [4.69, 9.17) is 5.26 Å². The molecule has 2 nitrogen and oxygen atoms in total. The van der Waals surface area contributed by atoms with Crippen LogP contribution in [0.2, 0.25) is 0 Å². The third-order valence-electron chi connectivity index (χ3n) is 2.42. The number of rotatable bonds is 4. The molecule has 0 atom stereocenters. The van der Waals surface area contributed by atoms with E-state index < -0.39 is 18.5 Å². The van der Waals surface area contributed by atoms with Crippen molar-refractivity contribution in [2.75, 3.05) is 13.1 Å². The molecule has 0 aliphatic heterocycles. The molecule has 6 heteroatoms. The summed E-state index contributed by atoms with van der Waals surface area (Å²) in [4.78, 5) is 1.07. The van der Waals surface area contributed by atoms with E-state index in [0.717, 1.165) is 11.0 Å². The second kappa shape index (κ2) is 5.83. The summed E-state index contributed by atoms with van der Waals surface area (Å²) in [5.74, 6) is -0.602. The molecular formula is C12H12F4N2. The highest BCUT2D eigenvalue weighted by atomic mass is 19.4. The Morgan fingerprint density at radius 1 is 1.33 bits per heavy atom. The van der Waals surface area contributed by atoms with Gasteiger partial charge in [0.05, 0.1) is 18.2 Å². The number of nitrogens with zero attached hydrogens (tertiary/aromatic N) is 2. The summed E-state index contributed by atoms with van der Waals surface area (Å²) in [7, 11) is 0. The van der Waals surface area contributed by atoms with Gasteiger partial charge in [0.15, 0.2) is 0 Å². The molecule has 0 radical (unpaired) electrons. The summed E-state index contributed by atoms with van der Waals surface area (Å²) in [6, 6.07) is 5.48. The molecule has 0 unspecified atom stereocenters. The highest BCUT2D eigenvalue weighted by Crippen LogP contribution is 2.19. The Labute approximate surface area is 102 Å². The van der Waals surface area contributed by atoms with E-state index in [9.17, 15) is 17.6 Å². The van der Waals surface area contributed by atoms with Crippen LogP contribution in [0.25, 0.3) is 0 Å². The molecule has 0 aliphatic rings. The lowest BCUT2D eigenvalue weighted by Crippen LogP contribution is -2.33. The summed E-state index contributed by atoms with van der Waals surface area (Å²) in [6.07, 6.45) is -4.32. The average molecular weight is 260 g/mol. The Balaban J connectivity index is 2.85. The molecule has 18 heavy (non-hydrogen) atoms. The van der Waals surface area contributed by atoms with E-state index in [2.05, 4.69) is 0 Å². The molecule has 0 saturated carbocycles. The molecule has 1 aromatic carbocycles. The van der Waals surface area contributed by atoms with Gasteiger partial charge in [0.2, 0.25) is 0 Å². The number of alkyl halides is 3. The fourth-order valence-electron chi connectivity index (χ4n) is 1.54. The third kappa shape index (κ3) is 4.34. The van der Waals surface area contributed by atoms with E-state index in [1.54, 1.807) is 6.92 Å². The largest absolute Gasteiger partial charge is 0.401 e. The van der Waals surface area contributed by atoms with Crippen LogP contribution in [0.1, 0.15) is 18.1 Å². The highest BCUT2D eigenvalue weighted by molar-refractivity contribution is 5.33. The second-order valence-electron chi connectivity index (χ2n) is 3.84. The van der Waals surface area contributed by atoms with Gasteiger partial charge in [-0.2, -0.15) is 18.4 Å². The van der Waals surface area contributed by atoms with Gasteiger partial charge in [-0.25, -0.2) is 4.39 Å². The standard InChI is InChI=1S/C12H12F4N2/c1-2-18(8-12(14,15)16)7-10-5-9(6-17)3-4-11(10)13/h3-5H,2,7-8H2,1H3. The maximum absolute atomic E-state index is 13.4. The van der Waals surface area contributed by atoms with Gasteiger partial charge < -0.3 is 0 Å². The van der Waals surface area contributed by atoms with Gasteiger partial charge in [0, 0.05) is 12.1 Å². The molecule has 0 saturated heterocycles. The quantitative estimate of drug-likeness (QED) is 0.778. The Hall–Kier alpha value is -1.61. The van der Waals surface area contributed by atoms with Gasteiger partial charge in [-0.05, 0) is 24.7 Å². The number of hydrogen-bond acceptors (Lipinski definition) is 2. The van der Waals surface area contributed by atoms with Crippen molar-refractivity contribution in [3.63, 3.8) is 0 Å². The lowest BCUT2D eigenvalue weighted by molar-refractivity contribution is -0.146. The van der Waals surface area contributed by atoms with Crippen molar-refractivity contribution < 1.29 is 17.6 Å². The molecule has 0 N–H and O–H groups in total. The van der Waals surface area contributed by atoms with Crippen molar-refractivity contribution in [2.24, 2.45) is 0 Å². The van der Waals surface area contributed by atoms with Crippen molar-refractivity contribution in [1.29, 1.82) is 5.26 Å². The summed E-state index contributed by atoms with van der Waals surface area (Å²) in [5, 5.41) is 8.66. The van der Waals surface area contributed by atoms with Gasteiger partial charge >= 0.3 is 6.18 Å². The predicted molar refractivity (Wildman–Crippen MR) is 58.1 cm³/mol. The molecule has 0 bridgehead atoms. The number of hydrogen-bond donors (Lipinski definition) is 0. The van der Waals surface area contributed by atoms with Crippen LogP contribution in [0.4, 0.5) is 17.6 Å². The zero-order chi connectivity index (χ0) is 13.8. The highest BCUT2D eigenvalue weighted by Gasteiger charge is 2.30. The number of halogens is 4. The van der Waals surface area contributed by atoms with Crippen molar-refractivity contribution in [2.45, 2.75) is 19.6 Å². The SMILES string of the molecule is CCN(Cc1cc(C#N)ccc1F)CC(F)(F)F. The molecule has 0 spiro atoms. The zero-order valence-corrected chi connectivity index (χ0v) is 9.76. The van der Waals surface area contributed by atoms with E-state index in [0.29, 0.717) is 0 Å². The van der Waals surface area contributed by atoms with Crippen molar-refractivity contribution in [1.82, 2.24) is 4.90 Å². The Morgan fingerprint density at radius 3 is 2.50 bits per heavy atom. The monoisotopic (exact) mass is 260 g/mol. The van der Waals surface area contributed by atoms with Gasteiger partial charge in [-0.1, -0.05) is 6.92 Å². The molecule has 0 heterocycles. The minimum absolute atomic E-state index is 0.0974. The molecule has 0 aromatic heterocycles. The fraction of sp³-hybridized carbons (Fsp3) is 0.417. The lowest BCUT2D eigenvalue weighted by atomic mass is 10.1. The summed E-state index contributed by atoms with van der Waals surface area (Å²) < 4.78 is 50.2. The summed E-state index contributed by atoms with van der Waals surface area (Å²) in [6.45, 7) is 0.449. The van der Waals surface area contributed by atoms with Crippen molar-refractivity contribution in [3.8, 4) is 6.07 Å². The Morgan fingerprint density at radius 2 is 2.00 bits per heavy atom. The maximum atomic E-state index is 13.4. The van der Waals surface area contributed by atoms with Crippen LogP contribution in [0.15, 0.2) is 18.2 Å². The summed E-state index contributed by atoms with van der Waals surface area (Å²) in [5.41, 5.74) is 0.328. The van der Waals surface area contributed by atoms with Crippen LogP contribution in [0, 0.1) is 17.1 Å². The van der Waals surface area contributed by atoms with Crippen LogP contribution in [-0.2, 0) is 6.54 Å². The third-order valence-corrected chi connectivity index (χ3v) is 2.42. The molecule has 1 rings (SSSR count). The van der Waals surface area contributed by atoms with Gasteiger partial charge in [-0.3, -0.25) is 4.90 Å². The van der Waals surface area contributed by atoms with Crippen LogP contribution in [0.3, 0.4) is 0 Å². The van der Waals surface area contributed by atoms with Crippen molar-refractivity contribution >= 4 is 0 Å². The first-order chi connectivity index (χ1) is 8.35. The minimum Gasteiger partial charge on any atom is -0.291 e. The molecule has 1 aromatic rings. The average Bonchev–Trinajstić information content (AvgIpc) is 2.29. The topological polar surface area (TPSA) is 27.0 Å². The second-order valence-corrected chi connectivity index (χ2v) is 3.84. The smallest absolute Gasteiger partial charge is 0.291 e. The molecule has 0 amide bonds. The Bertz CT molecular complexity index is 448.